The molecule has 0 aromatic heterocycles. The first-order chi connectivity index (χ1) is 18.1. The third-order valence-electron chi connectivity index (χ3n) is 4.66. The first-order valence-corrected chi connectivity index (χ1v) is 13.0. The molecule has 0 unspecified atom stereocenters. The molecule has 4 nitrogen and oxygen atoms in total. The van der Waals surface area contributed by atoms with Crippen LogP contribution in [0, 0.1) is 32.1 Å². The molecule has 0 N–H and O–H groups in total. The van der Waals surface area contributed by atoms with Crippen molar-refractivity contribution in [1.29, 1.82) is 0 Å². The second kappa shape index (κ2) is 24.0. The van der Waals surface area contributed by atoms with Gasteiger partial charge in [-0.25, -0.2) is 5.06 Å². The molecule has 2 rings (SSSR count). The molecular formula is C30H43BrClF6MgNO3. The van der Waals surface area contributed by atoms with Gasteiger partial charge in [-0.1, -0.05) is 51.1 Å². The number of nitrogens with zero attached hydrogens (tertiary/aromatic N) is 1. The van der Waals surface area contributed by atoms with Gasteiger partial charge in [0.05, 0.1) is 18.2 Å². The van der Waals surface area contributed by atoms with Crippen LogP contribution in [0.25, 0.3) is 0 Å². The number of Topliss-reactive ketones (excluding diaryl/α,β-unsaturated/α-hetero) is 1. The van der Waals surface area contributed by atoms with Gasteiger partial charge in [0.2, 0.25) is 5.91 Å². The van der Waals surface area contributed by atoms with Crippen molar-refractivity contribution < 1.29 is 53.2 Å². The predicted octanol–water partition coefficient (Wildman–Crippen LogP) is 6.78. The van der Waals surface area contributed by atoms with E-state index in [-0.39, 0.29) is 72.0 Å². The van der Waals surface area contributed by atoms with Gasteiger partial charge in [-0.3, -0.25) is 14.4 Å². The molecule has 0 saturated carbocycles. The topological polar surface area (TPSA) is 46.6 Å². The molecule has 0 spiro atoms. The maximum atomic E-state index is 12.5. The van der Waals surface area contributed by atoms with E-state index in [0.29, 0.717) is 15.6 Å². The Morgan fingerprint density at radius 3 is 1.47 bits per heavy atom. The molecule has 0 aliphatic carbocycles. The molecule has 244 valence electrons. The predicted molar refractivity (Wildman–Crippen MR) is 162 cm³/mol. The zero-order valence-electron chi connectivity index (χ0n) is 25.6. The van der Waals surface area contributed by atoms with Crippen molar-refractivity contribution >= 4 is 50.7 Å². The Balaban J connectivity index is -0.000000160. The Morgan fingerprint density at radius 2 is 1.19 bits per heavy atom. The molecule has 2 aromatic carbocycles. The summed E-state index contributed by atoms with van der Waals surface area (Å²) in [5.74, 6) is -0.565. The van der Waals surface area contributed by atoms with Crippen molar-refractivity contribution in [3.05, 3.63) is 75.1 Å². The fourth-order valence-corrected chi connectivity index (χ4v) is 3.38. The van der Waals surface area contributed by atoms with Crippen LogP contribution < -0.4 is 12.4 Å². The number of ketones is 1. The Morgan fingerprint density at radius 1 is 0.814 bits per heavy atom. The standard InChI is InChI=1S/C12H13F3O.C8H6BrF3.C6H13NO2.C3H7.CH4.ClH.Mg/c1-7(2)11(16)9-4-8(3)5-10(6-9)12(13,14)15;1-5-2-6(8(10,11)12)4-7(9)3-5;1-5(2)6(8)7(3)9-4;1-3-2;;;/h4-7H,1-3H3;2-4H,1H3;5H,1-4H3;3H,1-2H3;1H4;1H;/q;;;-1;;;+2/p-1. The number of benzene rings is 2. The average Bonchev–Trinajstić information content (AvgIpc) is 2.81. The minimum atomic E-state index is -4.40. The molecule has 0 fully saturated rings. The van der Waals surface area contributed by atoms with E-state index in [9.17, 15) is 35.9 Å². The van der Waals surface area contributed by atoms with Gasteiger partial charge in [0.25, 0.3) is 0 Å². The van der Waals surface area contributed by atoms with E-state index in [1.807, 2.05) is 34.1 Å². The summed E-state index contributed by atoms with van der Waals surface area (Å²) in [7, 11) is 3.07. The van der Waals surface area contributed by atoms with Crippen molar-refractivity contribution in [2.75, 3.05) is 14.2 Å². The minimum absolute atomic E-state index is 0. The Kier molecular flexibility index (Phi) is 28.6. The summed E-state index contributed by atoms with van der Waals surface area (Å²) in [6.07, 6.45) is -6.66. The number of rotatable bonds is 4. The number of alkyl halides is 6. The van der Waals surface area contributed by atoms with Gasteiger partial charge in [0.1, 0.15) is 0 Å². The van der Waals surface area contributed by atoms with Crippen molar-refractivity contribution in [3.8, 4) is 0 Å². The van der Waals surface area contributed by atoms with Crippen molar-refractivity contribution in [2.24, 2.45) is 11.8 Å². The molecule has 0 aliphatic heterocycles. The van der Waals surface area contributed by atoms with Gasteiger partial charge in [0, 0.05) is 28.9 Å². The fourth-order valence-electron chi connectivity index (χ4n) is 2.78. The molecule has 1 amide bonds. The molecule has 0 atom stereocenters. The SMILES string of the molecule is C.CON(C)C(=O)C(C)C.C[CH-]C.Cc1cc(Br)cc(C(F)(F)F)c1.Cc1cc(C(=O)C(C)C)cc(C(F)(F)F)c1.[Cl-].[Mg+2]. The van der Waals surface area contributed by atoms with Crippen molar-refractivity contribution in [1.82, 2.24) is 5.06 Å². The Hall–Kier alpha value is -1.34. The first-order valence-electron chi connectivity index (χ1n) is 12.2. The largest absolute Gasteiger partial charge is 2.00 e. The second-order valence-electron chi connectivity index (χ2n) is 9.37. The monoisotopic (exact) mass is 717 g/mol. The van der Waals surface area contributed by atoms with E-state index in [4.69, 9.17) is 0 Å². The summed E-state index contributed by atoms with van der Waals surface area (Å²) in [6.45, 7) is 14.2. The average molecular weight is 719 g/mol. The number of amides is 1. The van der Waals surface area contributed by atoms with Gasteiger partial charge >= 0.3 is 35.4 Å². The Bertz CT molecular complexity index is 1060. The molecule has 0 radical (unpaired) electrons. The number of aryl methyl sites for hydroxylation is 2. The maximum absolute atomic E-state index is 12.5. The number of carbonyl (C=O) groups is 2. The summed E-state index contributed by atoms with van der Waals surface area (Å²) in [6, 6.07) is 7.25. The van der Waals surface area contributed by atoms with Crippen LogP contribution in [0.4, 0.5) is 26.3 Å². The molecule has 0 bridgehead atoms. The summed E-state index contributed by atoms with van der Waals surface area (Å²) >= 11 is 3.01. The van der Waals surface area contributed by atoms with Crippen LogP contribution in [0.5, 0.6) is 0 Å². The first kappa shape index (κ1) is 51.2. The van der Waals surface area contributed by atoms with Crippen LogP contribution >= 0.6 is 15.9 Å². The van der Waals surface area contributed by atoms with Crippen LogP contribution in [0.15, 0.2) is 40.9 Å². The van der Waals surface area contributed by atoms with Gasteiger partial charge in [-0.15, -0.1) is 0 Å². The van der Waals surface area contributed by atoms with Gasteiger partial charge in [-0.2, -0.15) is 40.2 Å². The summed E-state index contributed by atoms with van der Waals surface area (Å²) in [4.78, 5) is 27.1. The van der Waals surface area contributed by atoms with E-state index in [1.165, 1.54) is 18.2 Å². The zero-order chi connectivity index (χ0) is 32.0. The number of hydroxylamine groups is 2. The normalized spacial score (nSPS) is 10.2. The van der Waals surface area contributed by atoms with Crippen LogP contribution in [0.3, 0.4) is 0 Å². The summed E-state index contributed by atoms with van der Waals surface area (Å²) in [5.41, 5.74) is -0.219. The van der Waals surface area contributed by atoms with Gasteiger partial charge in [0.15, 0.2) is 5.78 Å². The molecule has 13 heteroatoms. The summed E-state index contributed by atoms with van der Waals surface area (Å²) in [5, 5.41) is 1.23. The van der Waals surface area contributed by atoms with Crippen LogP contribution in [0.1, 0.15) is 81.6 Å². The smallest absolute Gasteiger partial charge is 1.00 e. The van der Waals surface area contributed by atoms with Crippen molar-refractivity contribution in [3.63, 3.8) is 0 Å². The third-order valence-corrected chi connectivity index (χ3v) is 5.12. The fraction of sp³-hybridized carbons (Fsp3) is 0.500. The van der Waals surface area contributed by atoms with E-state index >= 15 is 0 Å². The Labute approximate surface area is 284 Å². The zero-order valence-corrected chi connectivity index (χ0v) is 29.4. The number of hydrogen-bond donors (Lipinski definition) is 0. The van der Waals surface area contributed by atoms with E-state index < -0.39 is 23.5 Å². The molecule has 0 saturated heterocycles. The molecule has 0 heterocycles. The molecular weight excluding hydrogens is 676 g/mol. The number of carbonyl (C=O) groups excluding carboxylic acids is 2. The second-order valence-corrected chi connectivity index (χ2v) is 10.3. The van der Waals surface area contributed by atoms with E-state index in [1.54, 1.807) is 40.8 Å². The molecule has 43 heavy (non-hydrogen) atoms. The number of hydrogen-bond acceptors (Lipinski definition) is 3. The van der Waals surface area contributed by atoms with Gasteiger partial charge in [-0.05, 0) is 61.4 Å². The molecule has 2 aromatic rings. The minimum Gasteiger partial charge on any atom is -1.00 e. The van der Waals surface area contributed by atoms with Crippen LogP contribution in [0.2, 0.25) is 0 Å². The van der Waals surface area contributed by atoms with E-state index in [0.717, 1.165) is 24.3 Å². The van der Waals surface area contributed by atoms with Crippen LogP contribution in [-0.2, 0) is 22.0 Å². The van der Waals surface area contributed by atoms with E-state index in [2.05, 4.69) is 20.8 Å². The van der Waals surface area contributed by atoms with Crippen LogP contribution in [-0.4, -0.2) is 54.0 Å². The quantitative estimate of drug-likeness (QED) is 0.115. The van der Waals surface area contributed by atoms with Crippen molar-refractivity contribution in [2.45, 2.75) is 75.2 Å². The molecule has 0 aliphatic rings. The number of halogens is 8. The summed E-state index contributed by atoms with van der Waals surface area (Å²) < 4.78 is 74.3. The maximum Gasteiger partial charge on any atom is 2.00 e. The van der Waals surface area contributed by atoms with Gasteiger partial charge < -0.3 is 18.8 Å². The third kappa shape index (κ3) is 21.9.